The first-order valence-electron chi connectivity index (χ1n) is 9.64. The van der Waals surface area contributed by atoms with Crippen molar-refractivity contribution in [1.29, 1.82) is 0 Å². The van der Waals surface area contributed by atoms with Crippen molar-refractivity contribution in [2.24, 2.45) is 0 Å². The summed E-state index contributed by atoms with van der Waals surface area (Å²) in [5, 5.41) is 0. The van der Waals surface area contributed by atoms with Crippen LogP contribution in [0.1, 0.15) is 24.8 Å². The molecule has 1 atom stereocenters. The zero-order valence-electron chi connectivity index (χ0n) is 15.2. The molecule has 1 aromatic carbocycles. The first kappa shape index (κ1) is 17.9. The van der Waals surface area contributed by atoms with Gasteiger partial charge in [-0.15, -0.1) is 0 Å². The van der Waals surface area contributed by atoms with Crippen molar-refractivity contribution in [2.45, 2.75) is 30.8 Å². The lowest BCUT2D eigenvalue weighted by Crippen LogP contribution is -2.47. The molecule has 1 aromatic rings. The average molecular weight is 362 g/mol. The van der Waals surface area contributed by atoms with Crippen LogP contribution in [0.25, 0.3) is 0 Å². The second-order valence-electron chi connectivity index (χ2n) is 7.60. The smallest absolute Gasteiger partial charge is 0.233 e. The maximum absolute atomic E-state index is 13.3. The Morgan fingerprint density at radius 3 is 2.54 bits per heavy atom. The van der Waals surface area contributed by atoms with E-state index in [0.717, 1.165) is 64.2 Å². The molecule has 1 aliphatic carbocycles. The van der Waals surface area contributed by atoms with Gasteiger partial charge in [0.1, 0.15) is 5.82 Å². The van der Waals surface area contributed by atoms with Gasteiger partial charge in [-0.1, -0.05) is 12.1 Å². The molecule has 0 spiro atoms. The largest absolute Gasteiger partial charge is 0.379 e. The second-order valence-corrected chi connectivity index (χ2v) is 7.60. The summed E-state index contributed by atoms with van der Waals surface area (Å²) in [6.07, 6.45) is 2.61. The van der Waals surface area contributed by atoms with Crippen LogP contribution in [0.4, 0.5) is 4.39 Å². The van der Waals surface area contributed by atoms with Crippen molar-refractivity contribution in [3.05, 3.63) is 35.6 Å². The first-order chi connectivity index (χ1) is 12.7. The predicted octanol–water partition coefficient (Wildman–Crippen LogP) is 1.81. The minimum Gasteiger partial charge on any atom is -0.379 e. The molecule has 2 heterocycles. The van der Waals surface area contributed by atoms with E-state index >= 15 is 0 Å². The molecule has 0 bridgehead atoms. The summed E-state index contributed by atoms with van der Waals surface area (Å²) in [7, 11) is 0. The van der Waals surface area contributed by atoms with Crippen molar-refractivity contribution in [2.75, 3.05) is 52.5 Å². The zero-order chi connectivity index (χ0) is 18.0. The standard InChI is InChI=1S/C20H27FN2O3/c21-17-4-2-16(3-5-17)20(6-7-20)19(24)23-8-1-11-26-18(15-23)14-22-9-12-25-13-10-22/h2-5,18H,1,6-15H2/t18-/m0/s1. The van der Waals surface area contributed by atoms with Gasteiger partial charge in [-0.2, -0.15) is 0 Å². The molecule has 1 saturated carbocycles. The van der Waals surface area contributed by atoms with E-state index in [-0.39, 0.29) is 17.8 Å². The number of ether oxygens (including phenoxy) is 2. The lowest BCUT2D eigenvalue weighted by atomic mass is 9.94. The fourth-order valence-corrected chi connectivity index (χ4v) is 4.08. The summed E-state index contributed by atoms with van der Waals surface area (Å²) in [4.78, 5) is 17.6. The molecule has 3 aliphatic rings. The highest BCUT2D eigenvalue weighted by Gasteiger charge is 2.53. The van der Waals surface area contributed by atoms with Crippen LogP contribution in [-0.2, 0) is 19.7 Å². The maximum atomic E-state index is 13.3. The van der Waals surface area contributed by atoms with Crippen LogP contribution in [0.5, 0.6) is 0 Å². The number of hydrogen-bond acceptors (Lipinski definition) is 4. The van der Waals surface area contributed by atoms with Gasteiger partial charge in [0.05, 0.1) is 24.7 Å². The topological polar surface area (TPSA) is 42.0 Å². The number of benzene rings is 1. The molecule has 6 heteroatoms. The molecule has 0 radical (unpaired) electrons. The third-order valence-corrected chi connectivity index (χ3v) is 5.76. The lowest BCUT2D eigenvalue weighted by Gasteiger charge is -2.32. The number of amides is 1. The van der Waals surface area contributed by atoms with E-state index in [2.05, 4.69) is 4.90 Å². The summed E-state index contributed by atoms with van der Waals surface area (Å²) in [6, 6.07) is 6.43. The Hall–Kier alpha value is -1.50. The second kappa shape index (κ2) is 7.62. The minimum atomic E-state index is -0.443. The van der Waals surface area contributed by atoms with E-state index in [1.807, 2.05) is 4.90 Å². The molecule has 5 nitrogen and oxygen atoms in total. The Kier molecular flexibility index (Phi) is 5.25. The van der Waals surface area contributed by atoms with Crippen molar-refractivity contribution in [1.82, 2.24) is 9.80 Å². The molecule has 0 aromatic heterocycles. The number of nitrogens with zero attached hydrogens (tertiary/aromatic N) is 2. The molecule has 2 saturated heterocycles. The molecule has 142 valence electrons. The van der Waals surface area contributed by atoms with Crippen LogP contribution >= 0.6 is 0 Å². The molecular formula is C20H27FN2O3. The van der Waals surface area contributed by atoms with Crippen LogP contribution in [0.15, 0.2) is 24.3 Å². The third-order valence-electron chi connectivity index (χ3n) is 5.76. The van der Waals surface area contributed by atoms with E-state index in [0.29, 0.717) is 13.2 Å². The van der Waals surface area contributed by atoms with Gasteiger partial charge in [0, 0.05) is 39.3 Å². The van der Waals surface area contributed by atoms with Crippen LogP contribution in [0.2, 0.25) is 0 Å². The summed E-state index contributed by atoms with van der Waals surface area (Å²) in [6.45, 7) is 6.30. The summed E-state index contributed by atoms with van der Waals surface area (Å²) < 4.78 is 24.7. The highest BCUT2D eigenvalue weighted by atomic mass is 19.1. The molecule has 26 heavy (non-hydrogen) atoms. The molecule has 2 aliphatic heterocycles. The van der Waals surface area contributed by atoms with Crippen LogP contribution in [0.3, 0.4) is 0 Å². The fourth-order valence-electron chi connectivity index (χ4n) is 4.08. The molecule has 0 N–H and O–H groups in total. The summed E-state index contributed by atoms with van der Waals surface area (Å²) >= 11 is 0. The third kappa shape index (κ3) is 3.77. The molecule has 4 rings (SSSR count). The highest BCUT2D eigenvalue weighted by Crippen LogP contribution is 2.49. The fraction of sp³-hybridized carbons (Fsp3) is 0.650. The average Bonchev–Trinajstić information content (AvgIpc) is 3.48. The van der Waals surface area contributed by atoms with E-state index in [4.69, 9.17) is 9.47 Å². The van der Waals surface area contributed by atoms with Gasteiger partial charge < -0.3 is 14.4 Å². The van der Waals surface area contributed by atoms with Crippen molar-refractivity contribution >= 4 is 5.91 Å². The Bertz CT molecular complexity index is 626. The van der Waals surface area contributed by atoms with Gasteiger partial charge in [-0.3, -0.25) is 9.69 Å². The van der Waals surface area contributed by atoms with Gasteiger partial charge in [0.2, 0.25) is 5.91 Å². The van der Waals surface area contributed by atoms with Gasteiger partial charge >= 0.3 is 0 Å². The van der Waals surface area contributed by atoms with Crippen molar-refractivity contribution < 1.29 is 18.7 Å². The predicted molar refractivity (Wildman–Crippen MR) is 95.5 cm³/mol. The summed E-state index contributed by atoms with van der Waals surface area (Å²) in [5.74, 6) is -0.0765. The van der Waals surface area contributed by atoms with Gasteiger partial charge in [0.25, 0.3) is 0 Å². The number of hydrogen-bond donors (Lipinski definition) is 0. The molecule has 1 amide bonds. The monoisotopic (exact) mass is 362 g/mol. The maximum Gasteiger partial charge on any atom is 0.233 e. The van der Waals surface area contributed by atoms with Crippen LogP contribution < -0.4 is 0 Å². The van der Waals surface area contributed by atoms with Crippen LogP contribution in [-0.4, -0.2) is 74.4 Å². The lowest BCUT2D eigenvalue weighted by molar-refractivity contribution is -0.135. The van der Waals surface area contributed by atoms with Crippen molar-refractivity contribution in [3.63, 3.8) is 0 Å². The van der Waals surface area contributed by atoms with Crippen LogP contribution in [0, 0.1) is 5.82 Å². The van der Waals surface area contributed by atoms with Gasteiger partial charge in [0.15, 0.2) is 0 Å². The molecule has 3 fully saturated rings. The van der Waals surface area contributed by atoms with E-state index < -0.39 is 5.41 Å². The Labute approximate surface area is 154 Å². The van der Waals surface area contributed by atoms with Crippen molar-refractivity contribution in [3.8, 4) is 0 Å². The summed E-state index contributed by atoms with van der Waals surface area (Å²) in [5.41, 5.74) is 0.500. The van der Waals surface area contributed by atoms with E-state index in [1.165, 1.54) is 12.1 Å². The van der Waals surface area contributed by atoms with E-state index in [1.54, 1.807) is 12.1 Å². The number of carbonyl (C=O) groups excluding carboxylic acids is 1. The number of halogens is 1. The van der Waals surface area contributed by atoms with E-state index in [9.17, 15) is 9.18 Å². The van der Waals surface area contributed by atoms with Gasteiger partial charge in [-0.25, -0.2) is 4.39 Å². The first-order valence-corrected chi connectivity index (χ1v) is 9.64. The minimum absolute atomic E-state index is 0.0450. The molecule has 0 unspecified atom stereocenters. The highest BCUT2D eigenvalue weighted by molar-refractivity contribution is 5.91. The Balaban J connectivity index is 1.43. The zero-order valence-corrected chi connectivity index (χ0v) is 15.2. The molecular weight excluding hydrogens is 335 g/mol. The number of rotatable bonds is 4. The Morgan fingerprint density at radius 1 is 1.12 bits per heavy atom. The normalized spacial score (nSPS) is 26.3. The SMILES string of the molecule is O=C(N1CCCO[C@@H](CN2CCOCC2)C1)C1(c2ccc(F)cc2)CC1. The number of carbonyl (C=O) groups is 1. The Morgan fingerprint density at radius 2 is 1.85 bits per heavy atom. The van der Waals surface area contributed by atoms with Gasteiger partial charge in [-0.05, 0) is 37.0 Å². The quantitative estimate of drug-likeness (QED) is 0.819. The number of morpholine rings is 1.